The van der Waals surface area contributed by atoms with Crippen LogP contribution in [0.4, 0.5) is 0 Å². The van der Waals surface area contributed by atoms with Crippen LogP contribution in [0, 0.1) is 0 Å². The minimum Gasteiger partial charge on any atom is -0.481 e. The van der Waals surface area contributed by atoms with Gasteiger partial charge in [0.25, 0.3) is 0 Å². The van der Waals surface area contributed by atoms with Crippen molar-refractivity contribution in [2.75, 3.05) is 0 Å². The van der Waals surface area contributed by atoms with Crippen LogP contribution >= 0.6 is 0 Å². The van der Waals surface area contributed by atoms with Gasteiger partial charge in [-0.2, -0.15) is 0 Å². The summed E-state index contributed by atoms with van der Waals surface area (Å²) in [7, 11) is 0. The summed E-state index contributed by atoms with van der Waals surface area (Å²) in [6.45, 7) is 0. The fourth-order valence-corrected chi connectivity index (χ4v) is 8.51. The van der Waals surface area contributed by atoms with Gasteiger partial charge in [0.2, 0.25) is 0 Å². The largest absolute Gasteiger partial charge is 0.481 e. The lowest BCUT2D eigenvalue weighted by Gasteiger charge is -2.19. The zero-order chi connectivity index (χ0) is 32.8. The molecule has 0 radical (unpaired) electrons. The smallest absolute Gasteiger partial charge is 0.167 e. The van der Waals surface area contributed by atoms with Crippen molar-refractivity contribution in [2.24, 2.45) is 0 Å². The first-order valence-corrected chi connectivity index (χ1v) is 17.3. The van der Waals surface area contributed by atoms with Crippen LogP contribution in [-0.4, -0.2) is 0 Å². The van der Waals surface area contributed by atoms with E-state index in [1.807, 2.05) is 6.07 Å². The Hall–Kier alpha value is -6.38. The van der Waals surface area contributed by atoms with E-state index >= 15 is 0 Å². The quantitative estimate of drug-likeness (QED) is 0.180. The molecule has 0 fully saturated rings. The van der Waals surface area contributed by atoms with E-state index in [2.05, 4.69) is 164 Å². The Kier molecular flexibility index (Phi) is 5.82. The SMILES string of the molecule is C1=CC2c3ccccc3OC2c2oc3ccc(-c4c5ccccc5c(-c5cccc(-c6ccc7ccccc7c6)c5)c5ccccc45)cc3c21. The Bertz CT molecular complexity index is 2810. The highest BCUT2D eigenvalue weighted by molar-refractivity contribution is 6.22. The molecule has 11 rings (SSSR count). The van der Waals surface area contributed by atoms with Crippen molar-refractivity contribution in [3.8, 4) is 39.1 Å². The van der Waals surface area contributed by atoms with Crippen LogP contribution < -0.4 is 4.74 Å². The van der Waals surface area contributed by atoms with Gasteiger partial charge in [0.15, 0.2) is 11.9 Å². The summed E-state index contributed by atoms with van der Waals surface area (Å²) in [5, 5.41) is 8.58. The van der Waals surface area contributed by atoms with Gasteiger partial charge in [-0.05, 0) is 96.0 Å². The molecule has 1 aromatic heterocycles. The first-order chi connectivity index (χ1) is 24.8. The molecule has 2 nitrogen and oxygen atoms in total. The molecule has 0 amide bonds. The van der Waals surface area contributed by atoms with E-state index in [4.69, 9.17) is 9.15 Å². The Morgan fingerprint density at radius 2 is 1.06 bits per heavy atom. The van der Waals surface area contributed by atoms with E-state index in [-0.39, 0.29) is 12.0 Å². The standard InChI is InChI=1S/C48H30O2/c1-2-11-30-26-32(21-20-29(30)10-1)31-12-9-13-33(27-31)45-36-15-3-5-17-38(36)46(39-18-6-4-16-37(39)45)34-22-25-44-42(28-34)41-24-23-40-35-14-7-8-19-43(35)49-47(40)48(41)50-44/h1-28,40,47H. The topological polar surface area (TPSA) is 22.4 Å². The summed E-state index contributed by atoms with van der Waals surface area (Å²) in [6, 6.07) is 57.1. The number of ether oxygens (including phenoxy) is 1. The van der Waals surface area contributed by atoms with Crippen LogP contribution in [0.5, 0.6) is 5.75 Å². The molecule has 234 valence electrons. The Morgan fingerprint density at radius 3 is 1.84 bits per heavy atom. The molecule has 0 bridgehead atoms. The minimum absolute atomic E-state index is 0.144. The van der Waals surface area contributed by atoms with Gasteiger partial charge in [-0.15, -0.1) is 0 Å². The molecule has 2 heteroatoms. The minimum atomic E-state index is -0.144. The van der Waals surface area contributed by atoms with Crippen LogP contribution in [0.1, 0.15) is 28.9 Å². The van der Waals surface area contributed by atoms with Crippen molar-refractivity contribution in [3.05, 3.63) is 181 Å². The average molecular weight is 639 g/mol. The number of hydrogen-bond donors (Lipinski definition) is 0. The molecule has 2 heterocycles. The van der Waals surface area contributed by atoms with E-state index in [0.29, 0.717) is 0 Å². The maximum atomic E-state index is 6.57. The fourth-order valence-electron chi connectivity index (χ4n) is 8.51. The lowest BCUT2D eigenvalue weighted by molar-refractivity contribution is 0.193. The number of para-hydroxylation sites is 1. The first kappa shape index (κ1) is 27.6. The highest BCUT2D eigenvalue weighted by Crippen LogP contribution is 2.52. The van der Waals surface area contributed by atoms with Crippen molar-refractivity contribution in [2.45, 2.75) is 12.0 Å². The zero-order valence-corrected chi connectivity index (χ0v) is 27.1. The fraction of sp³-hybridized carbons (Fsp3) is 0.0417. The van der Waals surface area contributed by atoms with Gasteiger partial charge in [-0.25, -0.2) is 0 Å². The number of benzene rings is 8. The van der Waals surface area contributed by atoms with E-state index in [1.54, 1.807) is 0 Å². The second-order valence-electron chi connectivity index (χ2n) is 13.5. The molecule has 1 aliphatic carbocycles. The van der Waals surface area contributed by atoms with Gasteiger partial charge < -0.3 is 9.15 Å². The predicted octanol–water partition coefficient (Wildman–Crippen LogP) is 13.1. The highest BCUT2D eigenvalue weighted by atomic mass is 16.5. The molecule has 1 aliphatic heterocycles. The summed E-state index contributed by atoms with van der Waals surface area (Å²) >= 11 is 0. The van der Waals surface area contributed by atoms with E-state index < -0.39 is 0 Å². The molecular weight excluding hydrogens is 609 g/mol. The molecule has 0 saturated carbocycles. The molecule has 2 aliphatic rings. The van der Waals surface area contributed by atoms with E-state index in [0.717, 1.165) is 28.0 Å². The predicted molar refractivity (Wildman–Crippen MR) is 207 cm³/mol. The maximum absolute atomic E-state index is 6.57. The first-order valence-electron chi connectivity index (χ1n) is 17.3. The van der Waals surface area contributed by atoms with Crippen molar-refractivity contribution >= 4 is 49.4 Å². The van der Waals surface area contributed by atoms with Crippen molar-refractivity contribution in [3.63, 3.8) is 0 Å². The molecule has 0 N–H and O–H groups in total. The summed E-state index contributed by atoms with van der Waals surface area (Å²) in [5.41, 5.74) is 10.6. The third kappa shape index (κ3) is 4.02. The summed E-state index contributed by atoms with van der Waals surface area (Å²) in [6.07, 6.45) is 4.38. The third-order valence-electron chi connectivity index (χ3n) is 10.8. The van der Waals surface area contributed by atoms with Gasteiger partial charge in [-0.3, -0.25) is 0 Å². The van der Waals surface area contributed by atoms with E-state index in [9.17, 15) is 0 Å². The molecule has 9 aromatic rings. The number of furan rings is 1. The van der Waals surface area contributed by atoms with Crippen LogP contribution in [0.2, 0.25) is 0 Å². The lowest BCUT2D eigenvalue weighted by Crippen LogP contribution is -2.11. The van der Waals surface area contributed by atoms with Gasteiger partial charge in [0.05, 0.1) is 5.92 Å². The van der Waals surface area contributed by atoms with E-state index in [1.165, 1.54) is 71.3 Å². The van der Waals surface area contributed by atoms with Gasteiger partial charge in [-0.1, -0.05) is 140 Å². The molecule has 2 unspecified atom stereocenters. The van der Waals surface area contributed by atoms with Crippen molar-refractivity contribution in [1.29, 1.82) is 0 Å². The molecule has 0 saturated heterocycles. The van der Waals surface area contributed by atoms with Crippen LogP contribution in [0.15, 0.2) is 168 Å². The number of hydrogen-bond acceptors (Lipinski definition) is 2. The summed E-state index contributed by atoms with van der Waals surface area (Å²) in [4.78, 5) is 0. The zero-order valence-electron chi connectivity index (χ0n) is 27.1. The molecule has 2 atom stereocenters. The molecular formula is C48H30O2. The Labute approximate surface area is 289 Å². The third-order valence-corrected chi connectivity index (χ3v) is 10.8. The summed E-state index contributed by atoms with van der Waals surface area (Å²) < 4.78 is 13.0. The second kappa shape index (κ2) is 10.6. The molecule has 0 spiro atoms. The van der Waals surface area contributed by atoms with Crippen LogP contribution in [-0.2, 0) is 0 Å². The normalized spacial score (nSPS) is 16.1. The lowest BCUT2D eigenvalue weighted by atomic mass is 9.84. The number of fused-ring (bicyclic) bond motifs is 10. The van der Waals surface area contributed by atoms with Crippen molar-refractivity contribution < 1.29 is 9.15 Å². The van der Waals surface area contributed by atoms with Gasteiger partial charge in [0, 0.05) is 16.5 Å². The van der Waals surface area contributed by atoms with Crippen molar-refractivity contribution in [1.82, 2.24) is 0 Å². The van der Waals surface area contributed by atoms with Gasteiger partial charge in [0.1, 0.15) is 11.3 Å². The maximum Gasteiger partial charge on any atom is 0.167 e. The number of rotatable bonds is 3. The Morgan fingerprint density at radius 1 is 0.440 bits per heavy atom. The van der Waals surface area contributed by atoms with Gasteiger partial charge >= 0.3 is 0 Å². The van der Waals surface area contributed by atoms with Crippen LogP contribution in [0.25, 0.3) is 82.7 Å². The highest BCUT2D eigenvalue weighted by Gasteiger charge is 2.40. The molecule has 8 aromatic carbocycles. The second-order valence-corrected chi connectivity index (χ2v) is 13.5. The summed E-state index contributed by atoms with van der Waals surface area (Å²) in [5.74, 6) is 2.03. The monoisotopic (exact) mass is 638 g/mol. The van der Waals surface area contributed by atoms with Crippen LogP contribution in [0.3, 0.4) is 0 Å². The Balaban J connectivity index is 1.09. The molecule has 50 heavy (non-hydrogen) atoms. The average Bonchev–Trinajstić information content (AvgIpc) is 3.75.